The number of halogens is 1. The van der Waals surface area contributed by atoms with E-state index in [1.54, 1.807) is 36.1 Å². The average molecular weight is 420 g/mol. The van der Waals surface area contributed by atoms with Gasteiger partial charge in [0.2, 0.25) is 5.91 Å². The van der Waals surface area contributed by atoms with Gasteiger partial charge in [-0.05, 0) is 29.9 Å². The maximum atomic E-state index is 14.7. The molecule has 1 aliphatic heterocycles. The Balaban J connectivity index is 1.89. The van der Waals surface area contributed by atoms with Crippen molar-refractivity contribution in [3.05, 3.63) is 52.2 Å². The third-order valence-corrected chi connectivity index (χ3v) is 5.86. The Morgan fingerprint density at radius 1 is 1.31 bits per heavy atom. The van der Waals surface area contributed by atoms with Crippen molar-refractivity contribution in [2.75, 3.05) is 25.7 Å². The second-order valence-electron chi connectivity index (χ2n) is 7.13. The van der Waals surface area contributed by atoms with Crippen LogP contribution >= 0.6 is 9.24 Å². The number of carbonyl (C=O) groups excluding carboxylic acids is 1. The van der Waals surface area contributed by atoms with Crippen molar-refractivity contribution >= 4 is 26.1 Å². The fraction of sp³-hybridized carbons (Fsp3) is 0.429. The number of amides is 1. The third kappa shape index (κ3) is 4.36. The zero-order valence-corrected chi connectivity index (χ0v) is 18.0. The van der Waals surface area contributed by atoms with Crippen molar-refractivity contribution in [2.24, 2.45) is 0 Å². The molecule has 3 atom stereocenters. The lowest BCUT2D eigenvalue weighted by Gasteiger charge is -2.20. The van der Waals surface area contributed by atoms with Crippen molar-refractivity contribution in [3.63, 3.8) is 0 Å². The fourth-order valence-electron chi connectivity index (χ4n) is 3.76. The first-order chi connectivity index (χ1) is 13.9. The topological polar surface area (TPSA) is 60.8 Å². The molecule has 1 aliphatic rings. The van der Waals surface area contributed by atoms with Crippen LogP contribution in [0.4, 0.5) is 10.1 Å². The van der Waals surface area contributed by atoms with Crippen LogP contribution in [0.25, 0.3) is 0 Å². The molecule has 156 valence electrons. The number of carbonyl (C=O) groups is 1. The monoisotopic (exact) mass is 420 g/mol. The van der Waals surface area contributed by atoms with Crippen LogP contribution in [0, 0.1) is 5.82 Å². The lowest BCUT2D eigenvalue weighted by atomic mass is 9.97. The van der Waals surface area contributed by atoms with Gasteiger partial charge < -0.3 is 18.9 Å². The lowest BCUT2D eigenvalue weighted by molar-refractivity contribution is -0.117. The minimum absolute atomic E-state index is 0.0851. The molecule has 0 aliphatic carbocycles. The Morgan fingerprint density at radius 3 is 2.69 bits per heavy atom. The molecule has 29 heavy (non-hydrogen) atoms. The number of aromatic nitrogens is 1. The summed E-state index contributed by atoms with van der Waals surface area (Å²) in [5, 5.41) is 0.651. The molecule has 1 aromatic heterocycles. The lowest BCUT2D eigenvalue weighted by Crippen LogP contribution is -2.35. The number of ether oxygens (including phenoxy) is 2. The van der Waals surface area contributed by atoms with E-state index in [9.17, 15) is 14.0 Å². The zero-order valence-electron chi connectivity index (χ0n) is 16.9. The second-order valence-corrected chi connectivity index (χ2v) is 7.76. The van der Waals surface area contributed by atoms with Crippen LogP contribution in [0.3, 0.4) is 0 Å². The highest BCUT2D eigenvalue weighted by Gasteiger charge is 2.35. The van der Waals surface area contributed by atoms with E-state index in [1.165, 1.54) is 18.1 Å². The summed E-state index contributed by atoms with van der Waals surface area (Å²) in [6, 6.07) is 6.43. The number of pyridine rings is 1. The number of anilines is 1. The number of hydrogen-bond donors (Lipinski definition) is 0. The molecule has 1 saturated heterocycles. The van der Waals surface area contributed by atoms with Crippen molar-refractivity contribution in [2.45, 2.75) is 38.3 Å². The van der Waals surface area contributed by atoms with Crippen LogP contribution < -0.4 is 20.5 Å². The third-order valence-electron chi connectivity index (χ3n) is 5.38. The van der Waals surface area contributed by atoms with Crippen molar-refractivity contribution < 1.29 is 18.7 Å². The summed E-state index contributed by atoms with van der Waals surface area (Å²) in [5.74, 6) is -0.517. The number of rotatable bonds is 7. The molecule has 1 amide bonds. The molecule has 0 radical (unpaired) electrons. The van der Waals surface area contributed by atoms with Gasteiger partial charge in [-0.15, -0.1) is 9.24 Å². The van der Waals surface area contributed by atoms with E-state index in [0.29, 0.717) is 28.8 Å². The smallest absolute Gasteiger partial charge is 0.274 e. The summed E-state index contributed by atoms with van der Waals surface area (Å²) in [5.41, 5.74) is 0.525. The first-order valence-corrected chi connectivity index (χ1v) is 10.1. The van der Waals surface area contributed by atoms with E-state index >= 15 is 0 Å². The van der Waals surface area contributed by atoms with Gasteiger partial charge in [-0.25, -0.2) is 4.39 Å². The summed E-state index contributed by atoms with van der Waals surface area (Å²) >= 11 is 0. The molecule has 8 heteroatoms. The number of hydrogen-bond acceptors (Lipinski definition) is 4. The van der Waals surface area contributed by atoms with E-state index in [4.69, 9.17) is 9.47 Å². The van der Waals surface area contributed by atoms with Crippen molar-refractivity contribution in [1.29, 1.82) is 0 Å². The minimum atomic E-state index is -0.412. The van der Waals surface area contributed by atoms with Gasteiger partial charge >= 0.3 is 0 Å². The summed E-state index contributed by atoms with van der Waals surface area (Å²) in [4.78, 5) is 27.1. The van der Waals surface area contributed by atoms with Gasteiger partial charge in [0.25, 0.3) is 5.56 Å². The molecule has 1 aromatic carbocycles. The average Bonchev–Trinajstić information content (AvgIpc) is 3.07. The SMILES string of the molecule is CCC(Cn1cccc(N2C[C@@H](c3c(F)cc(OC)cc3P)CC2=O)c1=O)OC. The maximum Gasteiger partial charge on any atom is 0.274 e. The highest BCUT2D eigenvalue weighted by molar-refractivity contribution is 7.27. The highest BCUT2D eigenvalue weighted by atomic mass is 31.0. The predicted molar refractivity (Wildman–Crippen MR) is 114 cm³/mol. The first kappa shape index (κ1) is 21.5. The molecule has 0 saturated carbocycles. The van der Waals surface area contributed by atoms with Crippen LogP contribution in [0.15, 0.2) is 35.3 Å². The summed E-state index contributed by atoms with van der Waals surface area (Å²) in [7, 11) is 5.60. The molecular formula is C21H26FN2O4P. The zero-order chi connectivity index (χ0) is 21.1. The van der Waals surface area contributed by atoms with Gasteiger partial charge in [-0.1, -0.05) is 6.92 Å². The first-order valence-electron chi connectivity index (χ1n) is 9.55. The van der Waals surface area contributed by atoms with Gasteiger partial charge in [0, 0.05) is 43.8 Å². The minimum Gasteiger partial charge on any atom is -0.497 e. The summed E-state index contributed by atoms with van der Waals surface area (Å²) < 4.78 is 26.7. The normalized spacial score (nSPS) is 17.6. The van der Waals surface area contributed by atoms with Gasteiger partial charge in [0.15, 0.2) is 0 Å². The molecule has 2 aromatic rings. The largest absolute Gasteiger partial charge is 0.497 e. The highest BCUT2D eigenvalue weighted by Crippen LogP contribution is 2.33. The molecule has 0 bridgehead atoms. The summed E-state index contributed by atoms with van der Waals surface area (Å²) in [6.45, 7) is 2.65. The van der Waals surface area contributed by atoms with Crippen molar-refractivity contribution in [3.8, 4) is 5.75 Å². The Hall–Kier alpha value is -2.24. The quantitative estimate of drug-likeness (QED) is 0.646. The van der Waals surface area contributed by atoms with Gasteiger partial charge in [0.1, 0.15) is 17.3 Å². The standard InChI is InChI=1S/C21H26FN2O4P/c1-4-14(27-2)12-23-7-5-6-17(21(23)26)24-11-13(8-19(24)25)20-16(22)9-15(28-3)10-18(20)29/h5-7,9-10,13-14H,4,8,11-12,29H2,1-3H3/t13-,14?/m0/s1. The van der Waals surface area contributed by atoms with E-state index < -0.39 is 5.82 Å². The number of benzene rings is 1. The second kappa shape index (κ2) is 9.06. The Morgan fingerprint density at radius 2 is 2.07 bits per heavy atom. The Kier molecular flexibility index (Phi) is 6.70. The molecule has 0 spiro atoms. The van der Waals surface area contributed by atoms with Crippen LogP contribution in [0.2, 0.25) is 0 Å². The van der Waals surface area contributed by atoms with Gasteiger partial charge in [-0.2, -0.15) is 0 Å². The molecule has 6 nitrogen and oxygen atoms in total. The van der Waals surface area contributed by atoms with Crippen molar-refractivity contribution in [1.82, 2.24) is 4.57 Å². The number of methoxy groups -OCH3 is 2. The predicted octanol–water partition coefficient (Wildman–Crippen LogP) is 2.44. The van der Waals surface area contributed by atoms with Crippen LogP contribution in [-0.4, -0.2) is 37.3 Å². The molecule has 2 heterocycles. The maximum absolute atomic E-state index is 14.7. The van der Waals surface area contributed by atoms with E-state index in [0.717, 1.165) is 6.42 Å². The van der Waals surface area contributed by atoms with E-state index in [1.807, 2.05) is 6.92 Å². The van der Waals surface area contributed by atoms with Crippen LogP contribution in [0.5, 0.6) is 5.75 Å². The Bertz CT molecular complexity index is 935. The Labute approximate surface area is 171 Å². The van der Waals surface area contributed by atoms with Crippen LogP contribution in [-0.2, 0) is 16.1 Å². The van der Waals surface area contributed by atoms with Gasteiger partial charge in [-0.3, -0.25) is 9.59 Å². The molecule has 2 unspecified atom stereocenters. The van der Waals surface area contributed by atoms with Gasteiger partial charge in [0.05, 0.1) is 19.8 Å². The molecule has 0 N–H and O–H groups in total. The van der Waals surface area contributed by atoms with E-state index in [2.05, 4.69) is 9.24 Å². The molecule has 3 rings (SSSR count). The number of nitrogens with zero attached hydrogens (tertiary/aromatic N) is 2. The fourth-order valence-corrected chi connectivity index (χ4v) is 4.30. The summed E-state index contributed by atoms with van der Waals surface area (Å²) in [6.07, 6.45) is 2.52. The molecule has 1 fully saturated rings. The van der Waals surface area contributed by atoms with E-state index in [-0.39, 0.29) is 36.5 Å². The van der Waals surface area contributed by atoms with Crippen LogP contribution in [0.1, 0.15) is 31.2 Å². The molecular weight excluding hydrogens is 394 g/mol.